The van der Waals surface area contributed by atoms with Gasteiger partial charge in [0.05, 0.1) is 20.5 Å². The molecule has 0 fully saturated rings. The number of ether oxygens (including phenoxy) is 1. The summed E-state index contributed by atoms with van der Waals surface area (Å²) in [4.78, 5) is 25.7. The van der Waals surface area contributed by atoms with Gasteiger partial charge in [-0.05, 0) is 49.4 Å². The minimum atomic E-state index is -0.489. The quantitative estimate of drug-likeness (QED) is 0.337. The SMILES string of the molecule is Cc1ccc2oc(-c3ccccc3Cl)c(OCC(=O)Nc3ccc(Cl)c(Cl)c3)c(=O)c2c1. The molecule has 1 amide bonds. The van der Waals surface area contributed by atoms with E-state index in [1.54, 1.807) is 48.5 Å². The monoisotopic (exact) mass is 487 g/mol. The van der Waals surface area contributed by atoms with E-state index in [9.17, 15) is 9.59 Å². The summed E-state index contributed by atoms with van der Waals surface area (Å²) >= 11 is 18.2. The molecule has 1 N–H and O–H groups in total. The second-order valence-corrected chi connectivity index (χ2v) is 8.26. The lowest BCUT2D eigenvalue weighted by molar-refractivity contribution is -0.118. The van der Waals surface area contributed by atoms with Crippen molar-refractivity contribution in [3.05, 3.63) is 91.5 Å². The number of aryl methyl sites for hydroxylation is 1. The van der Waals surface area contributed by atoms with Crippen molar-refractivity contribution in [1.29, 1.82) is 0 Å². The Balaban J connectivity index is 1.70. The normalized spacial score (nSPS) is 10.9. The minimum absolute atomic E-state index is 0.0968. The van der Waals surface area contributed by atoms with Gasteiger partial charge in [0.25, 0.3) is 5.91 Å². The van der Waals surface area contributed by atoms with Gasteiger partial charge in [0, 0.05) is 11.3 Å². The number of carbonyl (C=O) groups excluding carboxylic acids is 1. The van der Waals surface area contributed by atoms with Gasteiger partial charge in [-0.3, -0.25) is 9.59 Å². The molecule has 1 aromatic heterocycles. The highest BCUT2D eigenvalue weighted by molar-refractivity contribution is 6.42. The topological polar surface area (TPSA) is 68.5 Å². The predicted octanol–water partition coefficient (Wildman–Crippen LogP) is 6.75. The Morgan fingerprint density at radius 3 is 2.50 bits per heavy atom. The van der Waals surface area contributed by atoms with Crippen LogP contribution in [0, 0.1) is 6.92 Å². The third kappa shape index (κ3) is 4.60. The molecule has 4 rings (SSSR count). The number of amides is 1. The molecule has 32 heavy (non-hydrogen) atoms. The molecule has 0 atom stereocenters. The number of carbonyl (C=O) groups is 1. The Bertz CT molecular complexity index is 1400. The van der Waals surface area contributed by atoms with E-state index in [4.69, 9.17) is 44.0 Å². The van der Waals surface area contributed by atoms with E-state index >= 15 is 0 Å². The number of fused-ring (bicyclic) bond motifs is 1. The average molecular weight is 489 g/mol. The van der Waals surface area contributed by atoms with Gasteiger partial charge < -0.3 is 14.5 Å². The van der Waals surface area contributed by atoms with Crippen LogP contribution in [0.4, 0.5) is 5.69 Å². The first kappa shape index (κ1) is 22.2. The van der Waals surface area contributed by atoms with Crippen LogP contribution in [-0.4, -0.2) is 12.5 Å². The van der Waals surface area contributed by atoms with Crippen molar-refractivity contribution in [2.45, 2.75) is 6.92 Å². The van der Waals surface area contributed by atoms with Gasteiger partial charge in [-0.15, -0.1) is 0 Å². The van der Waals surface area contributed by atoms with E-state index in [0.29, 0.717) is 37.3 Å². The van der Waals surface area contributed by atoms with Crippen LogP contribution in [0.25, 0.3) is 22.3 Å². The van der Waals surface area contributed by atoms with E-state index in [1.165, 1.54) is 6.07 Å². The van der Waals surface area contributed by atoms with Crippen LogP contribution in [0.1, 0.15) is 5.56 Å². The fraction of sp³-hybridized carbons (Fsp3) is 0.0833. The maximum absolute atomic E-state index is 13.2. The summed E-state index contributed by atoms with van der Waals surface area (Å²) in [5.74, 6) is -0.433. The molecule has 1 heterocycles. The molecular formula is C24H16Cl3NO4. The molecule has 0 saturated heterocycles. The standard InChI is InChI=1S/C24H16Cl3NO4/c1-13-6-9-20-16(10-13)22(30)24(23(32-20)15-4-2-3-5-17(15)25)31-12-21(29)28-14-7-8-18(26)19(27)11-14/h2-11H,12H2,1H3,(H,28,29). The van der Waals surface area contributed by atoms with Crippen molar-refractivity contribution in [1.82, 2.24) is 0 Å². The summed E-state index contributed by atoms with van der Waals surface area (Å²) in [6.45, 7) is 1.44. The highest BCUT2D eigenvalue weighted by Crippen LogP contribution is 2.35. The molecule has 0 radical (unpaired) electrons. The summed E-state index contributed by atoms with van der Waals surface area (Å²) in [7, 11) is 0. The zero-order chi connectivity index (χ0) is 22.8. The van der Waals surface area contributed by atoms with Crippen molar-refractivity contribution < 1.29 is 13.9 Å². The number of rotatable bonds is 5. The first-order valence-electron chi connectivity index (χ1n) is 9.53. The van der Waals surface area contributed by atoms with Crippen LogP contribution in [-0.2, 0) is 4.79 Å². The van der Waals surface area contributed by atoms with Gasteiger partial charge in [-0.1, -0.05) is 58.6 Å². The Hall–Kier alpha value is -2.99. The molecule has 0 aliphatic carbocycles. The number of halogens is 3. The van der Waals surface area contributed by atoms with E-state index in [1.807, 2.05) is 13.0 Å². The second-order valence-electron chi connectivity index (χ2n) is 7.03. The lowest BCUT2D eigenvalue weighted by Gasteiger charge is -2.13. The second kappa shape index (κ2) is 9.25. The van der Waals surface area contributed by atoms with Crippen LogP contribution >= 0.6 is 34.8 Å². The highest BCUT2D eigenvalue weighted by atomic mass is 35.5. The number of benzene rings is 3. The summed E-state index contributed by atoms with van der Waals surface area (Å²) in [5, 5.41) is 4.05. The van der Waals surface area contributed by atoms with Gasteiger partial charge in [0.2, 0.25) is 11.2 Å². The molecule has 5 nitrogen and oxygen atoms in total. The van der Waals surface area contributed by atoms with Crippen LogP contribution in [0.15, 0.2) is 69.9 Å². The van der Waals surface area contributed by atoms with E-state index in [2.05, 4.69) is 5.32 Å². The van der Waals surface area contributed by atoms with Crippen molar-refractivity contribution >= 4 is 57.4 Å². The first-order chi connectivity index (χ1) is 15.3. The molecule has 3 aromatic carbocycles. The summed E-state index contributed by atoms with van der Waals surface area (Å²) in [6, 6.07) is 16.9. The van der Waals surface area contributed by atoms with Crippen LogP contribution < -0.4 is 15.5 Å². The average Bonchev–Trinajstić information content (AvgIpc) is 2.76. The summed E-state index contributed by atoms with van der Waals surface area (Å²) in [5.41, 5.74) is 1.81. The molecule has 0 aliphatic rings. The lowest BCUT2D eigenvalue weighted by atomic mass is 10.1. The fourth-order valence-electron chi connectivity index (χ4n) is 3.15. The molecule has 0 aliphatic heterocycles. The number of nitrogens with one attached hydrogen (secondary N) is 1. The largest absolute Gasteiger partial charge is 0.476 e. The van der Waals surface area contributed by atoms with Gasteiger partial charge in [0.15, 0.2) is 12.4 Å². The summed E-state index contributed by atoms with van der Waals surface area (Å²) in [6.07, 6.45) is 0. The third-order valence-electron chi connectivity index (χ3n) is 4.67. The number of hydrogen-bond acceptors (Lipinski definition) is 4. The van der Waals surface area contributed by atoms with Crippen molar-refractivity contribution in [3.63, 3.8) is 0 Å². The fourth-order valence-corrected chi connectivity index (χ4v) is 3.67. The van der Waals surface area contributed by atoms with E-state index in [0.717, 1.165) is 5.56 Å². The molecule has 162 valence electrons. The Morgan fingerprint density at radius 2 is 1.75 bits per heavy atom. The third-order valence-corrected chi connectivity index (χ3v) is 5.74. The molecule has 4 aromatic rings. The Morgan fingerprint density at radius 1 is 0.969 bits per heavy atom. The summed E-state index contributed by atoms with van der Waals surface area (Å²) < 4.78 is 11.7. The van der Waals surface area contributed by atoms with Gasteiger partial charge in [-0.25, -0.2) is 0 Å². The van der Waals surface area contributed by atoms with Crippen molar-refractivity contribution in [3.8, 4) is 17.1 Å². The highest BCUT2D eigenvalue weighted by Gasteiger charge is 2.20. The predicted molar refractivity (Wildman–Crippen MR) is 128 cm³/mol. The van der Waals surface area contributed by atoms with Crippen LogP contribution in [0.3, 0.4) is 0 Å². The molecule has 0 unspecified atom stereocenters. The molecule has 0 spiro atoms. The minimum Gasteiger partial charge on any atom is -0.476 e. The molecule has 8 heteroatoms. The van der Waals surface area contributed by atoms with Gasteiger partial charge in [-0.2, -0.15) is 0 Å². The zero-order valence-corrected chi connectivity index (χ0v) is 19.0. The van der Waals surface area contributed by atoms with Crippen molar-refractivity contribution in [2.24, 2.45) is 0 Å². The maximum Gasteiger partial charge on any atom is 0.262 e. The van der Waals surface area contributed by atoms with Crippen LogP contribution in [0.2, 0.25) is 15.1 Å². The van der Waals surface area contributed by atoms with Crippen molar-refractivity contribution in [2.75, 3.05) is 11.9 Å². The number of anilines is 1. The van der Waals surface area contributed by atoms with E-state index < -0.39 is 17.9 Å². The smallest absolute Gasteiger partial charge is 0.262 e. The lowest BCUT2D eigenvalue weighted by Crippen LogP contribution is -2.22. The molecule has 0 bridgehead atoms. The first-order valence-corrected chi connectivity index (χ1v) is 10.7. The zero-order valence-electron chi connectivity index (χ0n) is 16.7. The van der Waals surface area contributed by atoms with E-state index in [-0.39, 0.29) is 11.5 Å². The van der Waals surface area contributed by atoms with Crippen LogP contribution in [0.5, 0.6) is 5.75 Å². The molecule has 0 saturated carbocycles. The van der Waals surface area contributed by atoms with Gasteiger partial charge >= 0.3 is 0 Å². The molecular weight excluding hydrogens is 473 g/mol. The van der Waals surface area contributed by atoms with Gasteiger partial charge in [0.1, 0.15) is 5.58 Å². The Kier molecular flexibility index (Phi) is 6.42. The number of hydrogen-bond donors (Lipinski definition) is 1. The Labute approximate surface area is 198 Å². The maximum atomic E-state index is 13.2.